The van der Waals surface area contributed by atoms with Gasteiger partial charge in [0.2, 0.25) is 5.91 Å². The van der Waals surface area contributed by atoms with Crippen LogP contribution in [0.3, 0.4) is 0 Å². The van der Waals surface area contributed by atoms with E-state index in [2.05, 4.69) is 5.32 Å². The summed E-state index contributed by atoms with van der Waals surface area (Å²) in [6.45, 7) is 9.78. The van der Waals surface area contributed by atoms with Gasteiger partial charge < -0.3 is 19.7 Å². The highest BCUT2D eigenvalue weighted by atomic mass is 16.6. The van der Waals surface area contributed by atoms with Crippen LogP contribution in [0.5, 0.6) is 0 Å². The Hall–Kier alpha value is -2.08. The number of ether oxygens (including phenoxy) is 2. The number of benzene rings is 1. The zero-order chi connectivity index (χ0) is 19.0. The molecule has 1 rings (SSSR count). The Morgan fingerprint density at radius 3 is 2.28 bits per heavy atom. The first kappa shape index (κ1) is 21.0. The normalized spacial score (nSPS) is 13.7. The van der Waals surface area contributed by atoms with E-state index in [1.807, 2.05) is 37.3 Å². The molecule has 0 bridgehead atoms. The number of carbonyl (C=O) groups excluding carboxylic acids is 2. The average molecular weight is 350 g/mol. The van der Waals surface area contributed by atoms with E-state index in [0.29, 0.717) is 13.1 Å². The number of hydrogen-bond acceptors (Lipinski definition) is 4. The van der Waals surface area contributed by atoms with Crippen molar-refractivity contribution in [1.82, 2.24) is 10.2 Å². The average Bonchev–Trinajstić information content (AvgIpc) is 2.52. The molecule has 0 saturated heterocycles. The Labute approximate surface area is 150 Å². The van der Waals surface area contributed by atoms with Gasteiger partial charge in [-0.2, -0.15) is 0 Å². The second kappa shape index (κ2) is 9.42. The van der Waals surface area contributed by atoms with Crippen LogP contribution >= 0.6 is 0 Å². The molecule has 1 N–H and O–H groups in total. The summed E-state index contributed by atoms with van der Waals surface area (Å²) in [5, 5.41) is 2.60. The van der Waals surface area contributed by atoms with Crippen molar-refractivity contribution in [1.29, 1.82) is 0 Å². The number of alkyl carbamates (subject to hydrolysis) is 1. The van der Waals surface area contributed by atoms with Crippen molar-refractivity contribution < 1.29 is 19.1 Å². The van der Waals surface area contributed by atoms with Gasteiger partial charge in [0.25, 0.3) is 0 Å². The van der Waals surface area contributed by atoms with E-state index in [1.165, 1.54) is 0 Å². The Kier molecular flexibility index (Phi) is 7.90. The van der Waals surface area contributed by atoms with Gasteiger partial charge in [0, 0.05) is 20.2 Å². The van der Waals surface area contributed by atoms with Crippen LogP contribution in [0.25, 0.3) is 0 Å². The van der Waals surface area contributed by atoms with Crippen LogP contribution in [0, 0.1) is 0 Å². The maximum Gasteiger partial charge on any atom is 0.408 e. The fourth-order valence-electron chi connectivity index (χ4n) is 2.24. The number of nitrogens with one attached hydrogen (secondary N) is 1. The summed E-state index contributed by atoms with van der Waals surface area (Å²) in [6, 6.07) is 9.02. The monoisotopic (exact) mass is 350 g/mol. The molecule has 0 fully saturated rings. The van der Waals surface area contributed by atoms with Gasteiger partial charge in [-0.3, -0.25) is 4.79 Å². The van der Waals surface area contributed by atoms with Gasteiger partial charge in [-0.1, -0.05) is 30.3 Å². The third-order valence-electron chi connectivity index (χ3n) is 3.51. The van der Waals surface area contributed by atoms with Crippen molar-refractivity contribution in [2.24, 2.45) is 0 Å². The number of methoxy groups -OCH3 is 1. The van der Waals surface area contributed by atoms with Gasteiger partial charge in [0.1, 0.15) is 11.6 Å². The molecule has 0 spiro atoms. The van der Waals surface area contributed by atoms with Crippen molar-refractivity contribution in [2.75, 3.05) is 13.7 Å². The lowest BCUT2D eigenvalue weighted by atomic mass is 10.2. The van der Waals surface area contributed by atoms with Crippen LogP contribution in [0.1, 0.15) is 40.2 Å². The highest BCUT2D eigenvalue weighted by molar-refractivity contribution is 5.85. The molecule has 1 aromatic rings. The summed E-state index contributed by atoms with van der Waals surface area (Å²) in [4.78, 5) is 26.4. The molecule has 0 aliphatic carbocycles. The van der Waals surface area contributed by atoms with Crippen LogP contribution in [0.15, 0.2) is 30.3 Å². The van der Waals surface area contributed by atoms with Gasteiger partial charge in [-0.15, -0.1) is 0 Å². The Morgan fingerprint density at radius 1 is 1.16 bits per heavy atom. The van der Waals surface area contributed by atoms with E-state index in [9.17, 15) is 9.59 Å². The summed E-state index contributed by atoms with van der Waals surface area (Å²) < 4.78 is 10.5. The van der Waals surface area contributed by atoms with E-state index in [0.717, 1.165) is 5.56 Å². The largest absolute Gasteiger partial charge is 0.444 e. The third kappa shape index (κ3) is 8.03. The first-order valence-electron chi connectivity index (χ1n) is 8.47. The topological polar surface area (TPSA) is 67.9 Å². The zero-order valence-electron chi connectivity index (χ0n) is 16.0. The van der Waals surface area contributed by atoms with E-state index in [1.54, 1.807) is 39.7 Å². The molecule has 1 aromatic carbocycles. The maximum atomic E-state index is 12.8. The van der Waals surface area contributed by atoms with Crippen LogP contribution in [-0.2, 0) is 20.8 Å². The SMILES string of the molecule is CO[C@H](C)CN(Cc1ccccc1)C(=O)C(C)NC(=O)OC(C)(C)C. The van der Waals surface area contributed by atoms with Gasteiger partial charge in [0.05, 0.1) is 6.10 Å². The Bertz CT molecular complexity index is 554. The molecule has 140 valence electrons. The van der Waals surface area contributed by atoms with E-state index >= 15 is 0 Å². The van der Waals surface area contributed by atoms with Crippen molar-refractivity contribution in [3.05, 3.63) is 35.9 Å². The van der Waals surface area contributed by atoms with E-state index < -0.39 is 17.7 Å². The standard InChI is InChI=1S/C19H30N2O4/c1-14(24-6)12-21(13-16-10-8-7-9-11-16)17(22)15(2)20-18(23)25-19(3,4)5/h7-11,14-15H,12-13H2,1-6H3,(H,20,23)/t14-,15?/m1/s1. The molecule has 2 atom stereocenters. The second-order valence-electron chi connectivity index (χ2n) is 7.12. The minimum absolute atomic E-state index is 0.110. The fraction of sp³-hybridized carbons (Fsp3) is 0.579. The summed E-state index contributed by atoms with van der Waals surface area (Å²) in [6.07, 6.45) is -0.714. The van der Waals surface area contributed by atoms with Crippen LogP contribution in [0.4, 0.5) is 4.79 Å². The van der Waals surface area contributed by atoms with Crippen molar-refractivity contribution in [3.8, 4) is 0 Å². The highest BCUT2D eigenvalue weighted by Gasteiger charge is 2.25. The second-order valence-corrected chi connectivity index (χ2v) is 7.12. The number of amides is 2. The van der Waals surface area contributed by atoms with Crippen molar-refractivity contribution >= 4 is 12.0 Å². The molecule has 6 heteroatoms. The summed E-state index contributed by atoms with van der Waals surface area (Å²) >= 11 is 0. The van der Waals surface area contributed by atoms with Crippen LogP contribution in [0.2, 0.25) is 0 Å². The molecule has 2 amide bonds. The lowest BCUT2D eigenvalue weighted by molar-refractivity contribution is -0.135. The summed E-state index contributed by atoms with van der Waals surface area (Å²) in [5.41, 5.74) is 0.407. The summed E-state index contributed by atoms with van der Waals surface area (Å²) in [5.74, 6) is -0.182. The molecule has 0 aliphatic rings. The molecular formula is C19H30N2O4. The molecule has 0 radical (unpaired) electrons. The first-order chi connectivity index (χ1) is 11.6. The molecular weight excluding hydrogens is 320 g/mol. The minimum atomic E-state index is -0.692. The number of rotatable bonds is 7. The van der Waals surface area contributed by atoms with Crippen LogP contribution in [-0.4, -0.2) is 48.3 Å². The van der Waals surface area contributed by atoms with E-state index in [4.69, 9.17) is 9.47 Å². The van der Waals surface area contributed by atoms with E-state index in [-0.39, 0.29) is 12.0 Å². The van der Waals surface area contributed by atoms with Gasteiger partial charge in [-0.25, -0.2) is 4.79 Å². The molecule has 0 saturated carbocycles. The number of nitrogens with zero attached hydrogens (tertiary/aromatic N) is 1. The molecule has 0 heterocycles. The van der Waals surface area contributed by atoms with Gasteiger partial charge in [0.15, 0.2) is 0 Å². The number of carbonyl (C=O) groups is 2. The minimum Gasteiger partial charge on any atom is -0.444 e. The predicted octanol–water partition coefficient (Wildman–Crippen LogP) is 2.96. The smallest absolute Gasteiger partial charge is 0.408 e. The highest BCUT2D eigenvalue weighted by Crippen LogP contribution is 2.10. The molecule has 25 heavy (non-hydrogen) atoms. The van der Waals surface area contributed by atoms with Gasteiger partial charge in [-0.05, 0) is 40.2 Å². The molecule has 6 nitrogen and oxygen atoms in total. The Balaban J connectivity index is 2.78. The molecule has 1 unspecified atom stereocenters. The van der Waals surface area contributed by atoms with Crippen LogP contribution < -0.4 is 5.32 Å². The van der Waals surface area contributed by atoms with Gasteiger partial charge >= 0.3 is 6.09 Å². The zero-order valence-corrected chi connectivity index (χ0v) is 16.0. The third-order valence-corrected chi connectivity index (χ3v) is 3.51. The lowest BCUT2D eigenvalue weighted by Crippen LogP contribution is -2.49. The van der Waals surface area contributed by atoms with Crippen molar-refractivity contribution in [3.63, 3.8) is 0 Å². The maximum absolute atomic E-state index is 12.8. The number of hydrogen-bond donors (Lipinski definition) is 1. The molecule has 0 aliphatic heterocycles. The quantitative estimate of drug-likeness (QED) is 0.821. The fourth-order valence-corrected chi connectivity index (χ4v) is 2.24. The molecule has 0 aromatic heterocycles. The lowest BCUT2D eigenvalue weighted by Gasteiger charge is -2.29. The predicted molar refractivity (Wildman–Crippen MR) is 97.2 cm³/mol. The Morgan fingerprint density at radius 2 is 1.76 bits per heavy atom. The summed E-state index contributed by atoms with van der Waals surface area (Å²) in [7, 11) is 1.61. The first-order valence-corrected chi connectivity index (χ1v) is 8.47. The van der Waals surface area contributed by atoms with Crippen molar-refractivity contribution in [2.45, 2.75) is 58.9 Å².